The molecule has 1 atom stereocenters. The number of rotatable bonds is 3. The Kier molecular flexibility index (Phi) is 4.62. The zero-order valence-corrected chi connectivity index (χ0v) is 8.47. The summed E-state index contributed by atoms with van der Waals surface area (Å²) in [5.41, 5.74) is 0. The van der Waals surface area contributed by atoms with Crippen molar-refractivity contribution in [3.05, 3.63) is 0 Å². The van der Waals surface area contributed by atoms with E-state index in [0.717, 1.165) is 6.04 Å². The Morgan fingerprint density at radius 1 is 1.17 bits per heavy atom. The molecular weight excluding hydrogens is 148 g/mol. The van der Waals surface area contributed by atoms with Crippen molar-refractivity contribution < 1.29 is 0 Å². The molecule has 2 heteroatoms. The first-order valence-corrected chi connectivity index (χ1v) is 5.33. The lowest BCUT2D eigenvalue weighted by molar-refractivity contribution is 0.201. The summed E-state index contributed by atoms with van der Waals surface area (Å²) < 4.78 is 0. The molecule has 0 bridgehead atoms. The number of nitrogens with zero attached hydrogens (tertiary/aromatic N) is 1. The van der Waals surface area contributed by atoms with Crippen molar-refractivity contribution in [2.45, 2.75) is 39.2 Å². The van der Waals surface area contributed by atoms with Gasteiger partial charge in [0.2, 0.25) is 0 Å². The van der Waals surface area contributed by atoms with Gasteiger partial charge in [0.25, 0.3) is 0 Å². The van der Waals surface area contributed by atoms with Gasteiger partial charge in [-0.3, -0.25) is 0 Å². The summed E-state index contributed by atoms with van der Waals surface area (Å²) in [5.74, 6) is 0. The van der Waals surface area contributed by atoms with Crippen LogP contribution in [0.25, 0.3) is 0 Å². The monoisotopic (exact) mass is 170 g/mol. The minimum Gasteiger partial charge on any atom is -0.317 e. The zero-order chi connectivity index (χ0) is 8.81. The van der Waals surface area contributed by atoms with Crippen LogP contribution in [-0.2, 0) is 0 Å². The van der Waals surface area contributed by atoms with E-state index in [9.17, 15) is 0 Å². The molecule has 1 aliphatic rings. The maximum atomic E-state index is 3.45. The largest absolute Gasteiger partial charge is 0.317 e. The Morgan fingerprint density at radius 3 is 2.58 bits per heavy atom. The van der Waals surface area contributed by atoms with Crippen LogP contribution in [0.1, 0.15) is 33.1 Å². The summed E-state index contributed by atoms with van der Waals surface area (Å²) in [7, 11) is 0. The molecule has 0 radical (unpaired) electrons. The van der Waals surface area contributed by atoms with Crippen molar-refractivity contribution in [2.75, 3.05) is 26.2 Å². The van der Waals surface area contributed by atoms with Gasteiger partial charge in [-0.25, -0.2) is 0 Å². The Bertz CT molecular complexity index is 102. The molecule has 1 N–H and O–H groups in total. The highest BCUT2D eigenvalue weighted by molar-refractivity contribution is 4.74. The lowest BCUT2D eigenvalue weighted by Gasteiger charge is -2.28. The molecule has 1 fully saturated rings. The van der Waals surface area contributed by atoms with Gasteiger partial charge in [-0.05, 0) is 45.4 Å². The first kappa shape index (κ1) is 10.0. The fraction of sp³-hybridized carbons (Fsp3) is 1.00. The van der Waals surface area contributed by atoms with Crippen molar-refractivity contribution in [3.8, 4) is 0 Å². The van der Waals surface area contributed by atoms with E-state index in [1.165, 1.54) is 45.4 Å². The number of hydrogen-bond acceptors (Lipinski definition) is 2. The predicted molar refractivity (Wildman–Crippen MR) is 53.4 cm³/mol. The third-order valence-corrected chi connectivity index (χ3v) is 2.87. The third-order valence-electron chi connectivity index (χ3n) is 2.87. The van der Waals surface area contributed by atoms with Gasteiger partial charge >= 0.3 is 0 Å². The van der Waals surface area contributed by atoms with E-state index < -0.39 is 0 Å². The van der Waals surface area contributed by atoms with Gasteiger partial charge in [0.05, 0.1) is 0 Å². The summed E-state index contributed by atoms with van der Waals surface area (Å²) in [6.07, 6.45) is 4.07. The maximum Gasteiger partial charge on any atom is 0.0108 e. The Morgan fingerprint density at radius 2 is 1.92 bits per heavy atom. The van der Waals surface area contributed by atoms with E-state index in [-0.39, 0.29) is 0 Å². The van der Waals surface area contributed by atoms with Gasteiger partial charge in [0.15, 0.2) is 0 Å². The van der Waals surface area contributed by atoms with Crippen molar-refractivity contribution in [3.63, 3.8) is 0 Å². The van der Waals surface area contributed by atoms with E-state index in [0.29, 0.717) is 0 Å². The van der Waals surface area contributed by atoms with Crippen LogP contribution in [0.5, 0.6) is 0 Å². The van der Waals surface area contributed by atoms with E-state index in [1.54, 1.807) is 0 Å². The normalized spacial score (nSPS) is 25.8. The molecule has 1 heterocycles. The summed E-state index contributed by atoms with van der Waals surface area (Å²) in [4.78, 5) is 2.59. The fourth-order valence-corrected chi connectivity index (χ4v) is 2.11. The van der Waals surface area contributed by atoms with Gasteiger partial charge in [-0.15, -0.1) is 0 Å². The molecule has 1 rings (SSSR count). The second-order valence-corrected chi connectivity index (χ2v) is 3.56. The van der Waals surface area contributed by atoms with Crippen LogP contribution in [0.2, 0.25) is 0 Å². The Balaban J connectivity index is 2.35. The second-order valence-electron chi connectivity index (χ2n) is 3.56. The molecule has 0 aliphatic carbocycles. The molecule has 2 nitrogen and oxygen atoms in total. The van der Waals surface area contributed by atoms with Gasteiger partial charge in [-0.2, -0.15) is 0 Å². The highest BCUT2D eigenvalue weighted by Crippen LogP contribution is 2.12. The average Bonchev–Trinajstić information content (AvgIpc) is 2.35. The summed E-state index contributed by atoms with van der Waals surface area (Å²) >= 11 is 0. The number of nitrogens with one attached hydrogen (secondary N) is 1. The highest BCUT2D eigenvalue weighted by atomic mass is 15.1. The van der Waals surface area contributed by atoms with Crippen molar-refractivity contribution in [2.24, 2.45) is 0 Å². The minimum absolute atomic E-state index is 0.843. The van der Waals surface area contributed by atoms with Gasteiger partial charge in [0.1, 0.15) is 0 Å². The standard InChI is InChI=1S/C10H22N2/c1-3-12(4-2)10-6-5-8-11-9-7-10/h10-11H,3-9H2,1-2H3/t10-/m0/s1. The van der Waals surface area contributed by atoms with E-state index in [4.69, 9.17) is 0 Å². The topological polar surface area (TPSA) is 15.3 Å². The van der Waals surface area contributed by atoms with Crippen LogP contribution in [0.3, 0.4) is 0 Å². The average molecular weight is 170 g/mol. The van der Waals surface area contributed by atoms with E-state index >= 15 is 0 Å². The predicted octanol–water partition coefficient (Wildman–Crippen LogP) is 1.47. The van der Waals surface area contributed by atoms with Crippen LogP contribution < -0.4 is 5.32 Å². The maximum absolute atomic E-state index is 3.45. The van der Waals surface area contributed by atoms with Gasteiger partial charge in [0, 0.05) is 6.04 Å². The SMILES string of the molecule is CCN(CC)[C@H]1CCCNCC1. The summed E-state index contributed by atoms with van der Waals surface area (Å²) in [6, 6.07) is 0.843. The molecule has 0 spiro atoms. The van der Waals surface area contributed by atoms with Crippen molar-refractivity contribution >= 4 is 0 Å². The first-order chi connectivity index (χ1) is 5.88. The lowest BCUT2D eigenvalue weighted by atomic mass is 10.1. The molecule has 72 valence electrons. The molecular formula is C10H22N2. The van der Waals surface area contributed by atoms with Crippen LogP contribution >= 0.6 is 0 Å². The van der Waals surface area contributed by atoms with Crippen molar-refractivity contribution in [1.29, 1.82) is 0 Å². The van der Waals surface area contributed by atoms with Crippen LogP contribution in [0, 0.1) is 0 Å². The summed E-state index contributed by atoms with van der Waals surface area (Å²) in [6.45, 7) is 9.38. The van der Waals surface area contributed by atoms with E-state index in [2.05, 4.69) is 24.1 Å². The molecule has 0 aromatic heterocycles. The van der Waals surface area contributed by atoms with Crippen LogP contribution in [0.15, 0.2) is 0 Å². The molecule has 0 aromatic rings. The van der Waals surface area contributed by atoms with Crippen LogP contribution in [0.4, 0.5) is 0 Å². The molecule has 1 aliphatic heterocycles. The molecule has 0 unspecified atom stereocenters. The Hall–Kier alpha value is -0.0800. The summed E-state index contributed by atoms with van der Waals surface area (Å²) in [5, 5.41) is 3.45. The molecule has 0 amide bonds. The number of hydrogen-bond donors (Lipinski definition) is 1. The highest BCUT2D eigenvalue weighted by Gasteiger charge is 2.16. The fourth-order valence-electron chi connectivity index (χ4n) is 2.11. The van der Waals surface area contributed by atoms with Crippen molar-refractivity contribution in [1.82, 2.24) is 10.2 Å². The smallest absolute Gasteiger partial charge is 0.0108 e. The molecule has 0 saturated carbocycles. The minimum atomic E-state index is 0.843. The lowest BCUT2D eigenvalue weighted by Crippen LogP contribution is -2.35. The van der Waals surface area contributed by atoms with E-state index in [1.807, 2.05) is 0 Å². The first-order valence-electron chi connectivity index (χ1n) is 5.33. The quantitative estimate of drug-likeness (QED) is 0.690. The second kappa shape index (κ2) is 5.55. The van der Waals surface area contributed by atoms with Crippen LogP contribution in [-0.4, -0.2) is 37.1 Å². The molecule has 0 aromatic carbocycles. The van der Waals surface area contributed by atoms with Gasteiger partial charge < -0.3 is 10.2 Å². The zero-order valence-electron chi connectivity index (χ0n) is 8.47. The molecule has 1 saturated heterocycles. The van der Waals surface area contributed by atoms with Gasteiger partial charge in [-0.1, -0.05) is 13.8 Å². The molecule has 12 heavy (non-hydrogen) atoms. The third kappa shape index (κ3) is 2.76. The Labute approximate surface area is 76.3 Å².